The molecule has 1 heterocycles. The van der Waals surface area contributed by atoms with Gasteiger partial charge in [0.25, 0.3) is 0 Å². The summed E-state index contributed by atoms with van der Waals surface area (Å²) in [5.41, 5.74) is 7.32. The largest absolute Gasteiger partial charge is 0.366 e. The lowest BCUT2D eigenvalue weighted by atomic mass is 10.1. The van der Waals surface area contributed by atoms with Gasteiger partial charge in [-0.25, -0.2) is 0 Å². The number of nitrogens with two attached hydrogens (primary N) is 1. The van der Waals surface area contributed by atoms with E-state index in [0.29, 0.717) is 17.8 Å². The minimum Gasteiger partial charge on any atom is -0.366 e. The Bertz CT molecular complexity index is 583. The van der Waals surface area contributed by atoms with Crippen LogP contribution in [-0.4, -0.2) is 30.3 Å². The average Bonchev–Trinajstić information content (AvgIpc) is 2.79. The third kappa shape index (κ3) is 2.64. The molecule has 0 saturated heterocycles. The van der Waals surface area contributed by atoms with Gasteiger partial charge in [0.05, 0.1) is 0 Å². The fraction of sp³-hybridized carbons (Fsp3) is 0.357. The van der Waals surface area contributed by atoms with E-state index in [1.165, 1.54) is 6.92 Å². The zero-order valence-electron chi connectivity index (χ0n) is 11.5. The molecule has 1 aromatic carbocycles. The Morgan fingerprint density at radius 2 is 2.05 bits per heavy atom. The Kier molecular flexibility index (Phi) is 3.74. The molecule has 1 aliphatic heterocycles. The molecule has 1 aliphatic rings. The number of hydrogen-bond donors (Lipinski definition) is 2. The molecule has 0 unspecified atom stereocenters. The van der Waals surface area contributed by atoms with Crippen LogP contribution in [0.25, 0.3) is 0 Å². The molecule has 2 rings (SSSR count). The molecule has 0 spiro atoms. The summed E-state index contributed by atoms with van der Waals surface area (Å²) in [6.45, 7) is 3.55. The van der Waals surface area contributed by atoms with E-state index in [-0.39, 0.29) is 11.8 Å². The number of fused-ring (bicyclic) bond motifs is 1. The maximum absolute atomic E-state index is 12.3. The van der Waals surface area contributed by atoms with Gasteiger partial charge in [-0.15, -0.1) is 0 Å². The normalized spacial score (nSPS) is 14.6. The molecule has 3 N–H and O–H groups in total. The van der Waals surface area contributed by atoms with Crippen LogP contribution in [0.1, 0.15) is 29.8 Å². The predicted molar refractivity (Wildman–Crippen MR) is 74.3 cm³/mol. The summed E-state index contributed by atoms with van der Waals surface area (Å²) < 4.78 is 0. The number of anilines is 1. The second-order valence-electron chi connectivity index (χ2n) is 4.87. The van der Waals surface area contributed by atoms with Crippen LogP contribution in [0.4, 0.5) is 5.69 Å². The molecule has 0 radical (unpaired) electrons. The quantitative estimate of drug-likeness (QED) is 0.825. The highest BCUT2D eigenvalue weighted by atomic mass is 16.2. The first-order chi connectivity index (χ1) is 9.40. The summed E-state index contributed by atoms with van der Waals surface area (Å²) >= 11 is 0. The van der Waals surface area contributed by atoms with Crippen molar-refractivity contribution in [1.82, 2.24) is 5.32 Å². The number of nitrogens with one attached hydrogen (secondary N) is 1. The van der Waals surface area contributed by atoms with Crippen LogP contribution in [0, 0.1) is 0 Å². The SMILES string of the molecule is CC(=O)N[C@H](C)C(=O)N1CCc2ccc(C(N)=O)cc21. The zero-order valence-corrected chi connectivity index (χ0v) is 11.5. The topological polar surface area (TPSA) is 92.5 Å². The predicted octanol–water partition coefficient (Wildman–Crippen LogP) is 0.199. The molecule has 1 atom stereocenters. The maximum atomic E-state index is 12.3. The van der Waals surface area contributed by atoms with Gasteiger partial charge in [0, 0.05) is 24.7 Å². The molecular formula is C14H17N3O3. The number of nitrogens with zero attached hydrogens (tertiary/aromatic N) is 1. The summed E-state index contributed by atoms with van der Waals surface area (Å²) in [4.78, 5) is 36.1. The van der Waals surface area contributed by atoms with Crippen LogP contribution >= 0.6 is 0 Å². The van der Waals surface area contributed by atoms with Gasteiger partial charge in [-0.2, -0.15) is 0 Å². The first-order valence-electron chi connectivity index (χ1n) is 6.41. The van der Waals surface area contributed by atoms with Gasteiger partial charge < -0.3 is 16.0 Å². The van der Waals surface area contributed by atoms with Crippen molar-refractivity contribution in [2.75, 3.05) is 11.4 Å². The van der Waals surface area contributed by atoms with E-state index in [1.54, 1.807) is 24.0 Å². The minimum absolute atomic E-state index is 0.194. The van der Waals surface area contributed by atoms with Crippen LogP contribution in [0.15, 0.2) is 18.2 Å². The van der Waals surface area contributed by atoms with Gasteiger partial charge in [0.1, 0.15) is 6.04 Å². The van der Waals surface area contributed by atoms with Gasteiger partial charge in [0.2, 0.25) is 17.7 Å². The molecule has 6 nitrogen and oxygen atoms in total. The zero-order chi connectivity index (χ0) is 14.9. The van der Waals surface area contributed by atoms with Crippen molar-refractivity contribution in [2.45, 2.75) is 26.3 Å². The third-order valence-electron chi connectivity index (χ3n) is 3.32. The van der Waals surface area contributed by atoms with Crippen molar-refractivity contribution >= 4 is 23.4 Å². The molecular weight excluding hydrogens is 258 g/mol. The van der Waals surface area contributed by atoms with E-state index >= 15 is 0 Å². The fourth-order valence-electron chi connectivity index (χ4n) is 2.36. The molecule has 0 saturated carbocycles. The monoisotopic (exact) mass is 275 g/mol. The Morgan fingerprint density at radius 1 is 1.35 bits per heavy atom. The Hall–Kier alpha value is -2.37. The van der Waals surface area contributed by atoms with E-state index < -0.39 is 11.9 Å². The van der Waals surface area contributed by atoms with Crippen molar-refractivity contribution in [1.29, 1.82) is 0 Å². The van der Waals surface area contributed by atoms with Crippen LogP contribution in [0.3, 0.4) is 0 Å². The number of carbonyl (C=O) groups excluding carboxylic acids is 3. The van der Waals surface area contributed by atoms with Gasteiger partial charge >= 0.3 is 0 Å². The molecule has 106 valence electrons. The lowest BCUT2D eigenvalue weighted by molar-refractivity contribution is -0.126. The summed E-state index contributed by atoms with van der Waals surface area (Å²) in [5.74, 6) is -0.973. The molecule has 20 heavy (non-hydrogen) atoms. The molecule has 0 aromatic heterocycles. The standard InChI is InChI=1S/C14H17N3O3/c1-8(16-9(2)18)14(20)17-6-5-10-3-4-11(13(15)19)7-12(10)17/h3-4,7-8H,5-6H2,1-2H3,(H2,15,19)(H,16,18)/t8-/m1/s1. The number of hydrogen-bond acceptors (Lipinski definition) is 3. The fourth-order valence-corrected chi connectivity index (χ4v) is 2.36. The first kappa shape index (κ1) is 14.0. The van der Waals surface area contributed by atoms with E-state index in [1.807, 2.05) is 6.07 Å². The number of carbonyl (C=O) groups is 3. The minimum atomic E-state index is -0.601. The summed E-state index contributed by atoms with van der Waals surface area (Å²) in [5, 5.41) is 2.57. The van der Waals surface area contributed by atoms with Gasteiger partial charge in [-0.05, 0) is 31.0 Å². The summed E-state index contributed by atoms with van der Waals surface area (Å²) in [6.07, 6.45) is 0.729. The smallest absolute Gasteiger partial charge is 0.249 e. The first-order valence-corrected chi connectivity index (χ1v) is 6.41. The number of rotatable bonds is 3. The number of benzene rings is 1. The second-order valence-corrected chi connectivity index (χ2v) is 4.87. The highest BCUT2D eigenvalue weighted by Gasteiger charge is 2.28. The van der Waals surface area contributed by atoms with E-state index in [9.17, 15) is 14.4 Å². The van der Waals surface area contributed by atoms with E-state index in [2.05, 4.69) is 5.32 Å². The molecule has 3 amide bonds. The Balaban J connectivity index is 2.26. The van der Waals surface area contributed by atoms with Gasteiger partial charge in [-0.1, -0.05) is 6.07 Å². The van der Waals surface area contributed by atoms with Crippen molar-refractivity contribution in [3.05, 3.63) is 29.3 Å². The Labute approximate surface area is 116 Å². The third-order valence-corrected chi connectivity index (χ3v) is 3.32. The van der Waals surface area contributed by atoms with E-state index in [0.717, 1.165) is 12.0 Å². The van der Waals surface area contributed by atoms with Crippen LogP contribution < -0.4 is 16.0 Å². The molecule has 1 aromatic rings. The molecule has 0 bridgehead atoms. The number of primary amides is 1. The van der Waals surface area contributed by atoms with Gasteiger partial charge in [-0.3, -0.25) is 14.4 Å². The summed E-state index contributed by atoms with van der Waals surface area (Å²) in [7, 11) is 0. The highest BCUT2D eigenvalue weighted by molar-refractivity contribution is 6.02. The highest BCUT2D eigenvalue weighted by Crippen LogP contribution is 2.29. The van der Waals surface area contributed by atoms with Crippen LogP contribution in [0.5, 0.6) is 0 Å². The van der Waals surface area contributed by atoms with Crippen molar-refractivity contribution in [2.24, 2.45) is 5.73 Å². The summed E-state index contributed by atoms with van der Waals surface area (Å²) in [6, 6.07) is 4.50. The van der Waals surface area contributed by atoms with Crippen molar-refractivity contribution in [3.8, 4) is 0 Å². The molecule has 0 fully saturated rings. The van der Waals surface area contributed by atoms with Crippen molar-refractivity contribution in [3.63, 3.8) is 0 Å². The van der Waals surface area contributed by atoms with E-state index in [4.69, 9.17) is 5.73 Å². The lowest BCUT2D eigenvalue weighted by Gasteiger charge is -2.22. The van der Waals surface area contributed by atoms with Gasteiger partial charge in [0.15, 0.2) is 0 Å². The second kappa shape index (κ2) is 5.32. The molecule has 0 aliphatic carbocycles. The van der Waals surface area contributed by atoms with Crippen LogP contribution in [-0.2, 0) is 16.0 Å². The average molecular weight is 275 g/mol. The lowest BCUT2D eigenvalue weighted by Crippen LogP contribution is -2.46. The maximum Gasteiger partial charge on any atom is 0.249 e. The van der Waals surface area contributed by atoms with Crippen molar-refractivity contribution < 1.29 is 14.4 Å². The molecule has 6 heteroatoms. The number of amides is 3. The Morgan fingerprint density at radius 3 is 2.65 bits per heavy atom. The van der Waals surface area contributed by atoms with Crippen LogP contribution in [0.2, 0.25) is 0 Å².